The molecule has 0 spiro atoms. The van der Waals surface area contributed by atoms with Crippen LogP contribution in [0.25, 0.3) is 33.6 Å². The number of hydrogen-bond acceptors (Lipinski definition) is 6. The van der Waals surface area contributed by atoms with Crippen molar-refractivity contribution in [3.8, 4) is 22.5 Å². The van der Waals surface area contributed by atoms with Gasteiger partial charge in [0.25, 0.3) is 0 Å². The van der Waals surface area contributed by atoms with E-state index >= 15 is 0 Å². The average molecular weight is 399 g/mol. The third-order valence-electron chi connectivity index (χ3n) is 5.38. The number of benzene rings is 2. The second-order valence-electron chi connectivity index (χ2n) is 7.33. The number of rotatable bonds is 6. The SMILES string of the molecule is O=Cc1ccc(-c2oc3ncnc(NC[C@@H]4CCCO4)c3c2-c2ccccc2)cc1. The van der Waals surface area contributed by atoms with Crippen LogP contribution in [0.3, 0.4) is 0 Å². The zero-order valence-electron chi connectivity index (χ0n) is 16.4. The number of aromatic nitrogens is 2. The maximum atomic E-state index is 11.0. The second kappa shape index (κ2) is 8.08. The third-order valence-corrected chi connectivity index (χ3v) is 5.38. The summed E-state index contributed by atoms with van der Waals surface area (Å²) in [6.45, 7) is 1.50. The van der Waals surface area contributed by atoms with Crippen LogP contribution >= 0.6 is 0 Å². The first-order valence-corrected chi connectivity index (χ1v) is 10.1. The summed E-state index contributed by atoms with van der Waals surface area (Å²) in [6.07, 6.45) is 4.67. The number of aldehydes is 1. The second-order valence-corrected chi connectivity index (χ2v) is 7.33. The van der Waals surface area contributed by atoms with Gasteiger partial charge in [0.2, 0.25) is 5.71 Å². The molecular formula is C24H21N3O3. The van der Waals surface area contributed by atoms with Gasteiger partial charge in [-0.1, -0.05) is 54.6 Å². The van der Waals surface area contributed by atoms with Gasteiger partial charge in [0, 0.05) is 29.8 Å². The normalized spacial score (nSPS) is 16.1. The number of nitrogens with one attached hydrogen (secondary N) is 1. The molecule has 0 unspecified atom stereocenters. The van der Waals surface area contributed by atoms with Crippen molar-refractivity contribution in [2.45, 2.75) is 18.9 Å². The highest BCUT2D eigenvalue weighted by molar-refractivity contribution is 6.05. The number of fused-ring (bicyclic) bond motifs is 1. The highest BCUT2D eigenvalue weighted by Crippen LogP contribution is 2.42. The molecule has 3 heterocycles. The van der Waals surface area contributed by atoms with Crippen LogP contribution in [0.5, 0.6) is 0 Å². The van der Waals surface area contributed by atoms with E-state index in [1.165, 1.54) is 6.33 Å². The van der Waals surface area contributed by atoms with Crippen molar-refractivity contribution in [3.63, 3.8) is 0 Å². The topological polar surface area (TPSA) is 77.2 Å². The first kappa shape index (κ1) is 18.5. The van der Waals surface area contributed by atoms with Crippen molar-refractivity contribution in [2.75, 3.05) is 18.5 Å². The fraction of sp³-hybridized carbons (Fsp3) is 0.208. The molecular weight excluding hydrogens is 378 g/mol. The molecule has 1 aliphatic heterocycles. The molecule has 1 saturated heterocycles. The maximum absolute atomic E-state index is 11.0. The zero-order valence-corrected chi connectivity index (χ0v) is 16.4. The number of carbonyl (C=O) groups is 1. The van der Waals surface area contributed by atoms with Crippen LogP contribution in [0.4, 0.5) is 5.82 Å². The Kier molecular flexibility index (Phi) is 4.99. The Morgan fingerprint density at radius 2 is 1.87 bits per heavy atom. The van der Waals surface area contributed by atoms with Crippen molar-refractivity contribution in [3.05, 3.63) is 66.5 Å². The molecule has 0 aliphatic carbocycles. The summed E-state index contributed by atoms with van der Waals surface area (Å²) in [4.78, 5) is 19.9. The predicted molar refractivity (Wildman–Crippen MR) is 116 cm³/mol. The lowest BCUT2D eigenvalue weighted by Crippen LogP contribution is -2.19. The highest BCUT2D eigenvalue weighted by Gasteiger charge is 2.23. The molecule has 2 aromatic heterocycles. The Hall–Kier alpha value is -3.51. The Labute approximate surface area is 173 Å². The first-order chi connectivity index (χ1) is 14.8. The molecule has 6 heteroatoms. The molecule has 0 radical (unpaired) electrons. The molecule has 0 bridgehead atoms. The van der Waals surface area contributed by atoms with E-state index in [1.807, 2.05) is 42.5 Å². The van der Waals surface area contributed by atoms with Gasteiger partial charge in [-0.2, -0.15) is 0 Å². The molecule has 150 valence electrons. The molecule has 6 nitrogen and oxygen atoms in total. The summed E-state index contributed by atoms with van der Waals surface area (Å²) in [5.74, 6) is 1.43. The third kappa shape index (κ3) is 3.46. The van der Waals surface area contributed by atoms with Crippen molar-refractivity contribution in [2.24, 2.45) is 0 Å². The van der Waals surface area contributed by atoms with Crippen molar-refractivity contribution in [1.29, 1.82) is 0 Å². The van der Waals surface area contributed by atoms with E-state index in [0.29, 0.717) is 23.6 Å². The van der Waals surface area contributed by atoms with Crippen LogP contribution in [-0.4, -0.2) is 35.5 Å². The van der Waals surface area contributed by atoms with Crippen molar-refractivity contribution >= 4 is 23.2 Å². The average Bonchev–Trinajstić information content (AvgIpc) is 3.46. The summed E-state index contributed by atoms with van der Waals surface area (Å²) in [5.41, 5.74) is 3.96. The predicted octanol–water partition coefficient (Wildman–Crippen LogP) is 4.96. The van der Waals surface area contributed by atoms with Crippen LogP contribution in [0.2, 0.25) is 0 Å². The standard InChI is InChI=1S/C24H21N3O3/c28-14-16-8-10-18(11-9-16)22-20(17-5-2-1-3-6-17)21-23(26-15-27-24(21)30-22)25-13-19-7-4-12-29-19/h1-3,5-6,8-11,14-15,19H,4,7,12-13H2,(H,25,26,27)/t19-/m0/s1. The Morgan fingerprint density at radius 3 is 2.60 bits per heavy atom. The van der Waals surface area contributed by atoms with Crippen LogP contribution in [0.1, 0.15) is 23.2 Å². The van der Waals surface area contributed by atoms with E-state index in [2.05, 4.69) is 15.3 Å². The minimum atomic E-state index is 0.192. The largest absolute Gasteiger partial charge is 0.437 e. The lowest BCUT2D eigenvalue weighted by molar-refractivity contribution is 0.112. The van der Waals surface area contributed by atoms with E-state index in [4.69, 9.17) is 9.15 Å². The summed E-state index contributed by atoms with van der Waals surface area (Å²) >= 11 is 0. The first-order valence-electron chi connectivity index (χ1n) is 10.1. The molecule has 4 aromatic rings. The number of hydrogen-bond donors (Lipinski definition) is 1. The molecule has 1 atom stereocenters. The molecule has 5 rings (SSSR count). The van der Waals surface area contributed by atoms with Crippen molar-refractivity contribution < 1.29 is 13.9 Å². The van der Waals surface area contributed by atoms with Crippen LogP contribution in [0.15, 0.2) is 65.3 Å². The van der Waals surface area contributed by atoms with Gasteiger partial charge in [0.1, 0.15) is 24.2 Å². The minimum absolute atomic E-state index is 0.192. The summed E-state index contributed by atoms with van der Waals surface area (Å²) < 4.78 is 12.0. The van der Waals surface area contributed by atoms with Gasteiger partial charge in [0.15, 0.2) is 0 Å². The van der Waals surface area contributed by atoms with Gasteiger partial charge in [-0.05, 0) is 18.4 Å². The Balaban J connectivity index is 1.65. The van der Waals surface area contributed by atoms with Gasteiger partial charge in [0.05, 0.1) is 11.5 Å². The number of ether oxygens (including phenoxy) is 1. The molecule has 30 heavy (non-hydrogen) atoms. The van der Waals surface area contributed by atoms with Crippen molar-refractivity contribution in [1.82, 2.24) is 9.97 Å². The number of nitrogens with zero attached hydrogens (tertiary/aromatic N) is 2. The molecule has 1 N–H and O–H groups in total. The summed E-state index contributed by atoms with van der Waals surface area (Å²) in [6, 6.07) is 17.4. The molecule has 0 amide bonds. The Morgan fingerprint density at radius 1 is 1.03 bits per heavy atom. The van der Waals surface area contributed by atoms with Gasteiger partial charge in [-0.3, -0.25) is 4.79 Å². The van der Waals surface area contributed by atoms with Gasteiger partial charge < -0.3 is 14.5 Å². The molecule has 1 aliphatic rings. The van der Waals surface area contributed by atoms with Crippen LogP contribution < -0.4 is 5.32 Å². The zero-order chi connectivity index (χ0) is 20.3. The maximum Gasteiger partial charge on any atom is 0.232 e. The minimum Gasteiger partial charge on any atom is -0.437 e. The van der Waals surface area contributed by atoms with E-state index in [0.717, 1.165) is 53.6 Å². The fourth-order valence-corrected chi connectivity index (χ4v) is 3.88. The monoisotopic (exact) mass is 399 g/mol. The van der Waals surface area contributed by atoms with Crippen LogP contribution in [-0.2, 0) is 4.74 Å². The van der Waals surface area contributed by atoms with Crippen LogP contribution in [0, 0.1) is 0 Å². The molecule has 0 saturated carbocycles. The van der Waals surface area contributed by atoms with Gasteiger partial charge >= 0.3 is 0 Å². The lowest BCUT2D eigenvalue weighted by Gasteiger charge is -2.12. The van der Waals surface area contributed by atoms with Gasteiger partial charge in [-0.25, -0.2) is 9.97 Å². The quantitative estimate of drug-likeness (QED) is 0.462. The Bertz CT molecular complexity index is 1160. The van der Waals surface area contributed by atoms with E-state index < -0.39 is 0 Å². The van der Waals surface area contributed by atoms with Gasteiger partial charge in [-0.15, -0.1) is 0 Å². The number of furan rings is 1. The summed E-state index contributed by atoms with van der Waals surface area (Å²) in [7, 11) is 0. The van der Waals surface area contributed by atoms with E-state index in [9.17, 15) is 4.79 Å². The fourth-order valence-electron chi connectivity index (χ4n) is 3.88. The van der Waals surface area contributed by atoms with E-state index in [-0.39, 0.29) is 6.10 Å². The molecule has 2 aromatic carbocycles. The lowest BCUT2D eigenvalue weighted by atomic mass is 9.99. The number of carbonyl (C=O) groups excluding carboxylic acids is 1. The molecule has 1 fully saturated rings. The van der Waals surface area contributed by atoms with E-state index in [1.54, 1.807) is 12.1 Å². The number of anilines is 1. The highest BCUT2D eigenvalue weighted by atomic mass is 16.5. The summed E-state index contributed by atoms with van der Waals surface area (Å²) in [5, 5.41) is 4.28. The smallest absolute Gasteiger partial charge is 0.232 e.